The molecule has 0 aliphatic heterocycles. The fourth-order valence-electron chi connectivity index (χ4n) is 1.49. The zero-order valence-corrected chi connectivity index (χ0v) is 9.57. The van der Waals surface area contributed by atoms with Crippen molar-refractivity contribution in [3.05, 3.63) is 41.3 Å². The van der Waals surface area contributed by atoms with Gasteiger partial charge in [-0.2, -0.15) is 0 Å². The number of rotatable bonds is 4. The molecule has 2 aromatic rings. The summed E-state index contributed by atoms with van der Waals surface area (Å²) in [7, 11) is 0. The smallest absolute Gasteiger partial charge is 0.205 e. The van der Waals surface area contributed by atoms with Crippen molar-refractivity contribution in [1.82, 2.24) is 9.55 Å². The van der Waals surface area contributed by atoms with E-state index in [4.69, 9.17) is 16.0 Å². The number of carbonyl (C=O) groups excluding carboxylic acids is 1. The number of aryl methyl sites for hydroxylation is 1. The van der Waals surface area contributed by atoms with Crippen LogP contribution in [-0.4, -0.2) is 15.3 Å². The standard InChI is InChI=1S/C11H11ClN2O2/c1-2-14-6-5-13-11(14)7-8(15)9-3-4-10(12)16-9/h3-6H,2,7H2,1H3. The molecule has 0 aromatic carbocycles. The normalized spacial score (nSPS) is 10.6. The summed E-state index contributed by atoms with van der Waals surface area (Å²) >= 11 is 5.61. The lowest BCUT2D eigenvalue weighted by atomic mass is 10.2. The van der Waals surface area contributed by atoms with Gasteiger partial charge >= 0.3 is 0 Å². The number of nitrogens with zero attached hydrogens (tertiary/aromatic N) is 2. The van der Waals surface area contributed by atoms with Crippen molar-refractivity contribution in [2.75, 3.05) is 0 Å². The van der Waals surface area contributed by atoms with Crippen LogP contribution in [0.25, 0.3) is 0 Å². The van der Waals surface area contributed by atoms with Gasteiger partial charge in [0.1, 0.15) is 5.82 Å². The summed E-state index contributed by atoms with van der Waals surface area (Å²) in [6.07, 6.45) is 3.75. The first-order valence-electron chi connectivity index (χ1n) is 4.99. The number of ketones is 1. The molecular weight excluding hydrogens is 228 g/mol. The average Bonchev–Trinajstić information content (AvgIpc) is 2.86. The van der Waals surface area contributed by atoms with Crippen molar-refractivity contribution in [3.8, 4) is 0 Å². The second-order valence-electron chi connectivity index (χ2n) is 3.33. The summed E-state index contributed by atoms with van der Waals surface area (Å²) in [6, 6.07) is 3.13. The Morgan fingerprint density at radius 1 is 1.56 bits per heavy atom. The molecule has 0 unspecified atom stereocenters. The highest BCUT2D eigenvalue weighted by molar-refractivity contribution is 6.29. The van der Waals surface area contributed by atoms with Crippen molar-refractivity contribution in [3.63, 3.8) is 0 Å². The third-order valence-corrected chi connectivity index (χ3v) is 2.51. The highest BCUT2D eigenvalue weighted by atomic mass is 35.5. The van der Waals surface area contributed by atoms with E-state index in [9.17, 15) is 4.79 Å². The molecule has 16 heavy (non-hydrogen) atoms. The minimum absolute atomic E-state index is 0.118. The first-order chi connectivity index (χ1) is 7.70. The van der Waals surface area contributed by atoms with E-state index >= 15 is 0 Å². The fraction of sp³-hybridized carbons (Fsp3) is 0.273. The maximum Gasteiger partial charge on any atom is 0.205 e. The molecule has 4 nitrogen and oxygen atoms in total. The monoisotopic (exact) mass is 238 g/mol. The first kappa shape index (κ1) is 11.0. The molecule has 0 saturated carbocycles. The molecule has 0 aliphatic rings. The molecule has 0 spiro atoms. The Morgan fingerprint density at radius 3 is 3.00 bits per heavy atom. The molecule has 5 heteroatoms. The number of furan rings is 1. The second kappa shape index (κ2) is 4.53. The lowest BCUT2D eigenvalue weighted by molar-refractivity contribution is 0.0963. The number of hydrogen-bond donors (Lipinski definition) is 0. The van der Waals surface area contributed by atoms with Crippen molar-refractivity contribution in [2.45, 2.75) is 19.9 Å². The Kier molecular flexibility index (Phi) is 3.10. The Morgan fingerprint density at radius 2 is 2.38 bits per heavy atom. The number of halogens is 1. The van der Waals surface area contributed by atoms with Crippen molar-refractivity contribution in [1.29, 1.82) is 0 Å². The second-order valence-corrected chi connectivity index (χ2v) is 3.71. The Balaban J connectivity index is 2.13. The van der Waals surface area contributed by atoms with Gasteiger partial charge < -0.3 is 8.98 Å². The van der Waals surface area contributed by atoms with Crippen molar-refractivity contribution >= 4 is 17.4 Å². The van der Waals surface area contributed by atoms with Gasteiger partial charge in [-0.1, -0.05) is 0 Å². The number of carbonyl (C=O) groups is 1. The van der Waals surface area contributed by atoms with E-state index in [0.29, 0.717) is 0 Å². The molecule has 0 fully saturated rings. The Bertz CT molecular complexity index is 502. The minimum Gasteiger partial charge on any atom is -0.442 e. The van der Waals surface area contributed by atoms with E-state index < -0.39 is 0 Å². The van der Waals surface area contributed by atoms with Gasteiger partial charge in [0.2, 0.25) is 5.78 Å². The third-order valence-electron chi connectivity index (χ3n) is 2.31. The molecule has 2 aromatic heterocycles. The Labute approximate surface area is 97.8 Å². The van der Waals surface area contributed by atoms with E-state index in [0.717, 1.165) is 12.4 Å². The van der Waals surface area contributed by atoms with Gasteiger partial charge in [0.05, 0.1) is 6.42 Å². The number of aromatic nitrogens is 2. The van der Waals surface area contributed by atoms with Crippen LogP contribution in [0.5, 0.6) is 0 Å². The summed E-state index contributed by atoms with van der Waals surface area (Å²) in [5.41, 5.74) is 0. The molecule has 2 rings (SSSR count). The summed E-state index contributed by atoms with van der Waals surface area (Å²) in [4.78, 5) is 15.9. The van der Waals surface area contributed by atoms with Gasteiger partial charge in [-0.05, 0) is 30.7 Å². The molecule has 0 radical (unpaired) electrons. The van der Waals surface area contributed by atoms with E-state index in [1.165, 1.54) is 0 Å². The molecular formula is C11H11ClN2O2. The van der Waals surface area contributed by atoms with Gasteiger partial charge in [-0.25, -0.2) is 4.98 Å². The average molecular weight is 239 g/mol. The number of hydrogen-bond acceptors (Lipinski definition) is 3. The van der Waals surface area contributed by atoms with Gasteiger partial charge in [0.15, 0.2) is 11.0 Å². The quantitative estimate of drug-likeness (QED) is 0.770. The highest BCUT2D eigenvalue weighted by Crippen LogP contribution is 2.15. The molecule has 0 aliphatic carbocycles. The van der Waals surface area contributed by atoms with Gasteiger partial charge in [-0.15, -0.1) is 0 Å². The van der Waals surface area contributed by atoms with Crippen LogP contribution in [0.1, 0.15) is 23.3 Å². The molecule has 0 atom stereocenters. The predicted octanol–water partition coefficient (Wildman–Crippen LogP) is 2.57. The first-order valence-corrected chi connectivity index (χ1v) is 5.37. The largest absolute Gasteiger partial charge is 0.442 e. The zero-order valence-electron chi connectivity index (χ0n) is 8.81. The fourth-order valence-corrected chi connectivity index (χ4v) is 1.64. The molecule has 0 bridgehead atoms. The van der Waals surface area contributed by atoms with Crippen LogP contribution in [0.2, 0.25) is 5.22 Å². The Hall–Kier alpha value is -1.55. The summed E-state index contributed by atoms with van der Waals surface area (Å²) in [5, 5.41) is 0.224. The highest BCUT2D eigenvalue weighted by Gasteiger charge is 2.14. The number of imidazole rings is 1. The molecule has 0 amide bonds. The van der Waals surface area contributed by atoms with E-state index in [2.05, 4.69) is 4.98 Å². The lowest BCUT2D eigenvalue weighted by Crippen LogP contribution is -2.08. The third kappa shape index (κ3) is 2.17. The molecule has 84 valence electrons. The summed E-state index contributed by atoms with van der Waals surface area (Å²) < 4.78 is 6.97. The van der Waals surface area contributed by atoms with Gasteiger partial charge in [0.25, 0.3) is 0 Å². The van der Waals surface area contributed by atoms with Crippen LogP contribution < -0.4 is 0 Å². The van der Waals surface area contributed by atoms with Crippen molar-refractivity contribution in [2.24, 2.45) is 0 Å². The SMILES string of the molecule is CCn1ccnc1CC(=O)c1ccc(Cl)o1. The summed E-state index contributed by atoms with van der Waals surface area (Å²) in [6.45, 7) is 2.79. The van der Waals surface area contributed by atoms with Crippen LogP contribution in [0.4, 0.5) is 0 Å². The van der Waals surface area contributed by atoms with Crippen molar-refractivity contribution < 1.29 is 9.21 Å². The predicted molar refractivity (Wildman–Crippen MR) is 59.7 cm³/mol. The lowest BCUT2D eigenvalue weighted by Gasteiger charge is -2.02. The van der Waals surface area contributed by atoms with Crippen LogP contribution in [-0.2, 0) is 13.0 Å². The summed E-state index contributed by atoms with van der Waals surface area (Å²) in [5.74, 6) is 0.892. The van der Waals surface area contributed by atoms with Gasteiger partial charge in [0, 0.05) is 18.9 Å². The van der Waals surface area contributed by atoms with Crippen LogP contribution >= 0.6 is 11.6 Å². The molecule has 2 heterocycles. The molecule has 0 N–H and O–H groups in total. The van der Waals surface area contributed by atoms with E-state index in [-0.39, 0.29) is 23.2 Å². The maximum atomic E-state index is 11.8. The molecule has 0 saturated heterocycles. The van der Waals surface area contributed by atoms with Crippen LogP contribution in [0, 0.1) is 0 Å². The zero-order chi connectivity index (χ0) is 11.5. The van der Waals surface area contributed by atoms with Crippen LogP contribution in [0.15, 0.2) is 28.9 Å². The maximum absolute atomic E-state index is 11.8. The topological polar surface area (TPSA) is 48.0 Å². The van der Waals surface area contributed by atoms with E-state index in [1.54, 1.807) is 18.3 Å². The number of Topliss-reactive ketones (excluding diaryl/α,β-unsaturated/α-hetero) is 1. The van der Waals surface area contributed by atoms with Gasteiger partial charge in [-0.3, -0.25) is 4.79 Å². The van der Waals surface area contributed by atoms with E-state index in [1.807, 2.05) is 17.7 Å². The minimum atomic E-state index is -0.118. The van der Waals surface area contributed by atoms with Crippen LogP contribution in [0.3, 0.4) is 0 Å².